The first-order valence-corrected chi connectivity index (χ1v) is 10.3. The second-order valence-corrected chi connectivity index (χ2v) is 7.84. The van der Waals surface area contributed by atoms with Gasteiger partial charge in [-0.05, 0) is 70.9 Å². The molecule has 4 heteroatoms. The van der Waals surface area contributed by atoms with Crippen LogP contribution in [0.4, 0.5) is 11.4 Å². The van der Waals surface area contributed by atoms with Gasteiger partial charge in [0, 0.05) is 17.1 Å². The lowest BCUT2D eigenvalue weighted by Gasteiger charge is -2.44. The molecule has 0 aliphatic carbocycles. The van der Waals surface area contributed by atoms with Crippen molar-refractivity contribution in [2.75, 3.05) is 12.0 Å². The zero-order chi connectivity index (χ0) is 20.5. The third-order valence-corrected chi connectivity index (χ3v) is 5.81. The van der Waals surface area contributed by atoms with Crippen LogP contribution in [0.3, 0.4) is 0 Å². The Morgan fingerprint density at radius 1 is 0.867 bits per heavy atom. The molecular formula is C26H21ClN2O. The van der Waals surface area contributed by atoms with E-state index >= 15 is 0 Å². The number of hydrogen-bond acceptors (Lipinski definition) is 2. The Bertz CT molecular complexity index is 1220. The maximum absolute atomic E-state index is 6.03. The number of methoxy groups -OCH3 is 1. The maximum Gasteiger partial charge on any atom is 0.119 e. The van der Waals surface area contributed by atoms with E-state index in [0.29, 0.717) is 5.02 Å². The number of hydrogen-bond donors (Lipinski definition) is 0. The number of halogens is 1. The van der Waals surface area contributed by atoms with Crippen molar-refractivity contribution in [2.45, 2.75) is 12.5 Å². The largest absolute Gasteiger partial charge is 0.497 e. The highest BCUT2D eigenvalue weighted by molar-refractivity contribution is 6.30. The smallest absolute Gasteiger partial charge is 0.119 e. The van der Waals surface area contributed by atoms with Crippen LogP contribution in [0.15, 0.2) is 96.0 Å². The van der Waals surface area contributed by atoms with Gasteiger partial charge in [0.05, 0.1) is 18.8 Å². The Labute approximate surface area is 181 Å². The first-order valence-electron chi connectivity index (χ1n) is 9.96. The van der Waals surface area contributed by atoms with Crippen LogP contribution in [0.1, 0.15) is 18.0 Å². The molecule has 30 heavy (non-hydrogen) atoms. The molecule has 1 heterocycles. The van der Waals surface area contributed by atoms with Crippen LogP contribution in [0, 0.1) is 0 Å². The van der Waals surface area contributed by atoms with Gasteiger partial charge in [0.15, 0.2) is 0 Å². The first kappa shape index (κ1) is 18.7. The lowest BCUT2D eigenvalue weighted by atomic mass is 9.91. The molecule has 4 aromatic rings. The van der Waals surface area contributed by atoms with E-state index in [2.05, 4.69) is 59.5 Å². The molecule has 0 bridgehead atoms. The number of rotatable bonds is 4. The van der Waals surface area contributed by atoms with Crippen LogP contribution in [0.25, 0.3) is 10.8 Å². The molecule has 1 atom stereocenters. The molecule has 0 saturated carbocycles. The molecule has 0 amide bonds. The Kier molecular flexibility index (Phi) is 4.89. The molecule has 1 aliphatic rings. The summed E-state index contributed by atoms with van der Waals surface area (Å²) in [4.78, 5) is 7.20. The monoisotopic (exact) mass is 412 g/mol. The Balaban J connectivity index is 1.53. The number of amidine groups is 1. The van der Waals surface area contributed by atoms with E-state index in [-0.39, 0.29) is 6.04 Å². The number of nitrogens with zero attached hydrogens (tertiary/aromatic N) is 2. The summed E-state index contributed by atoms with van der Waals surface area (Å²) in [5, 5.41) is 3.23. The molecular weight excluding hydrogens is 392 g/mol. The van der Waals surface area contributed by atoms with Crippen molar-refractivity contribution < 1.29 is 4.74 Å². The number of ether oxygens (including phenoxy) is 1. The zero-order valence-corrected chi connectivity index (χ0v) is 17.4. The predicted octanol–water partition coefficient (Wildman–Crippen LogP) is 7.18. The molecule has 1 unspecified atom stereocenters. The molecule has 4 aromatic carbocycles. The lowest BCUT2D eigenvalue weighted by Crippen LogP contribution is -2.46. The van der Waals surface area contributed by atoms with E-state index in [9.17, 15) is 0 Å². The third kappa shape index (κ3) is 3.53. The van der Waals surface area contributed by atoms with Gasteiger partial charge in [-0.25, -0.2) is 4.99 Å². The average Bonchev–Trinajstić information content (AvgIpc) is 2.78. The summed E-state index contributed by atoms with van der Waals surface area (Å²) >= 11 is 6.03. The number of anilines is 1. The van der Waals surface area contributed by atoms with Crippen LogP contribution < -0.4 is 9.64 Å². The Morgan fingerprint density at radius 2 is 1.60 bits per heavy atom. The summed E-state index contributed by atoms with van der Waals surface area (Å²) in [7, 11) is 1.68. The molecule has 0 radical (unpaired) electrons. The highest BCUT2D eigenvalue weighted by Crippen LogP contribution is 2.41. The lowest BCUT2D eigenvalue weighted by molar-refractivity contribution is 0.415. The van der Waals surface area contributed by atoms with Crippen molar-refractivity contribution in [3.05, 3.63) is 102 Å². The summed E-state index contributed by atoms with van der Waals surface area (Å²) < 4.78 is 5.33. The molecule has 1 saturated heterocycles. The molecule has 0 spiro atoms. The van der Waals surface area contributed by atoms with Gasteiger partial charge >= 0.3 is 0 Å². The van der Waals surface area contributed by atoms with Gasteiger partial charge in [-0.3, -0.25) is 0 Å². The van der Waals surface area contributed by atoms with Crippen LogP contribution in [0.5, 0.6) is 5.75 Å². The summed E-state index contributed by atoms with van der Waals surface area (Å²) in [5.41, 5.74) is 3.30. The normalized spacial score (nSPS) is 17.2. The minimum Gasteiger partial charge on any atom is -0.497 e. The molecule has 1 aliphatic heterocycles. The maximum atomic E-state index is 6.03. The molecule has 0 aromatic heterocycles. The Morgan fingerprint density at radius 3 is 2.33 bits per heavy atom. The standard InChI is InChI=1S/C26H21ClN2O/c1-30-24-14-12-23(13-15-24)29-25(17-26(29)28-22-10-8-21(27)9-11-22)20-7-6-18-4-2-3-5-19(18)16-20/h2-16,25H,17H2,1H3/b28-26+. The number of benzene rings is 4. The highest BCUT2D eigenvalue weighted by atomic mass is 35.5. The van der Waals surface area contributed by atoms with Crippen molar-refractivity contribution in [2.24, 2.45) is 4.99 Å². The van der Waals surface area contributed by atoms with Crippen molar-refractivity contribution in [1.29, 1.82) is 0 Å². The van der Waals surface area contributed by atoms with E-state index in [1.807, 2.05) is 36.4 Å². The highest BCUT2D eigenvalue weighted by Gasteiger charge is 2.36. The van der Waals surface area contributed by atoms with Gasteiger partial charge in [-0.2, -0.15) is 0 Å². The minimum absolute atomic E-state index is 0.244. The molecule has 0 N–H and O–H groups in total. The summed E-state index contributed by atoms with van der Waals surface area (Å²) in [6.45, 7) is 0. The first-order chi connectivity index (χ1) is 14.7. The van der Waals surface area contributed by atoms with Gasteiger partial charge in [-0.1, -0.05) is 48.0 Å². The average molecular weight is 413 g/mol. The van der Waals surface area contributed by atoms with Gasteiger partial charge in [0.2, 0.25) is 0 Å². The third-order valence-electron chi connectivity index (χ3n) is 5.56. The van der Waals surface area contributed by atoms with Crippen LogP contribution >= 0.6 is 11.6 Å². The van der Waals surface area contributed by atoms with Crippen LogP contribution in [-0.2, 0) is 0 Å². The number of aliphatic imine (C=N–C) groups is 1. The van der Waals surface area contributed by atoms with Gasteiger partial charge in [0.25, 0.3) is 0 Å². The van der Waals surface area contributed by atoms with Crippen LogP contribution in [0.2, 0.25) is 5.02 Å². The van der Waals surface area contributed by atoms with E-state index in [0.717, 1.165) is 29.4 Å². The second kappa shape index (κ2) is 7.85. The van der Waals surface area contributed by atoms with Crippen molar-refractivity contribution in [3.8, 4) is 5.75 Å². The topological polar surface area (TPSA) is 24.8 Å². The SMILES string of the molecule is COc1ccc(N2/C(=N/c3ccc(Cl)cc3)CC2c2ccc3ccccc3c2)cc1. The van der Waals surface area contributed by atoms with Gasteiger partial charge in [-0.15, -0.1) is 0 Å². The van der Waals surface area contributed by atoms with Crippen molar-refractivity contribution in [3.63, 3.8) is 0 Å². The summed E-state index contributed by atoms with van der Waals surface area (Å²) in [6, 6.07) is 31.2. The molecule has 148 valence electrons. The fourth-order valence-corrected chi connectivity index (χ4v) is 4.07. The molecule has 1 fully saturated rings. The quantitative estimate of drug-likeness (QED) is 0.354. The molecule has 3 nitrogen and oxygen atoms in total. The van der Waals surface area contributed by atoms with Crippen molar-refractivity contribution in [1.82, 2.24) is 0 Å². The van der Waals surface area contributed by atoms with Gasteiger partial charge < -0.3 is 9.64 Å². The minimum atomic E-state index is 0.244. The van der Waals surface area contributed by atoms with Gasteiger partial charge in [0.1, 0.15) is 11.6 Å². The fourth-order valence-electron chi connectivity index (χ4n) is 3.95. The Hall–Kier alpha value is -3.30. The predicted molar refractivity (Wildman–Crippen MR) is 125 cm³/mol. The van der Waals surface area contributed by atoms with E-state index in [1.54, 1.807) is 7.11 Å². The summed E-state index contributed by atoms with van der Waals surface area (Å²) in [5.74, 6) is 1.89. The van der Waals surface area contributed by atoms with Crippen LogP contribution in [-0.4, -0.2) is 12.9 Å². The second-order valence-electron chi connectivity index (χ2n) is 7.40. The van der Waals surface area contributed by atoms with E-state index in [4.69, 9.17) is 21.3 Å². The number of fused-ring (bicyclic) bond motifs is 1. The molecule has 5 rings (SSSR count). The summed E-state index contributed by atoms with van der Waals surface area (Å²) in [6.07, 6.45) is 0.882. The van der Waals surface area contributed by atoms with Crippen molar-refractivity contribution >= 4 is 39.6 Å². The van der Waals surface area contributed by atoms with E-state index < -0.39 is 0 Å². The fraction of sp³-hybridized carbons (Fsp3) is 0.115. The van der Waals surface area contributed by atoms with E-state index in [1.165, 1.54) is 16.3 Å². The zero-order valence-electron chi connectivity index (χ0n) is 16.6.